The van der Waals surface area contributed by atoms with E-state index in [1.165, 1.54) is 39.5 Å². The van der Waals surface area contributed by atoms with Gasteiger partial charge in [-0.05, 0) is 36.3 Å². The van der Waals surface area contributed by atoms with Crippen LogP contribution in [0.2, 0.25) is 5.02 Å². The predicted octanol–water partition coefficient (Wildman–Crippen LogP) is 4.92. The average molecular weight is 537 g/mol. The molecular formula is C28H25ClN2O7. The fraction of sp³-hybridized carbons (Fsp3) is 0.179. The molecule has 3 aromatic rings. The highest BCUT2D eigenvalue weighted by Crippen LogP contribution is 2.39. The zero-order valence-electron chi connectivity index (χ0n) is 21.2. The number of anilines is 1. The summed E-state index contributed by atoms with van der Waals surface area (Å²) in [4.78, 5) is 39.6. The highest BCUT2D eigenvalue weighted by Gasteiger charge is 2.38. The van der Waals surface area contributed by atoms with Crippen LogP contribution in [0.25, 0.3) is 6.08 Å². The van der Waals surface area contributed by atoms with Crippen LogP contribution in [0.15, 0.2) is 60.2 Å². The van der Waals surface area contributed by atoms with Gasteiger partial charge in [0.15, 0.2) is 11.5 Å². The Morgan fingerprint density at radius 1 is 0.868 bits per heavy atom. The summed E-state index contributed by atoms with van der Waals surface area (Å²) in [5.74, 6) is -0.422. The van der Waals surface area contributed by atoms with E-state index in [1.807, 2.05) is 31.2 Å². The second-order valence-corrected chi connectivity index (χ2v) is 8.71. The van der Waals surface area contributed by atoms with Gasteiger partial charge in [-0.15, -0.1) is 0 Å². The van der Waals surface area contributed by atoms with E-state index in [4.69, 9.17) is 30.5 Å². The van der Waals surface area contributed by atoms with Crippen LogP contribution in [0.5, 0.6) is 23.0 Å². The van der Waals surface area contributed by atoms with Crippen molar-refractivity contribution < 1.29 is 33.3 Å². The smallest absolute Gasteiger partial charge is 0.336 e. The number of nitrogens with one attached hydrogen (secondary N) is 1. The molecule has 0 aliphatic carbocycles. The number of hydrogen-bond acceptors (Lipinski definition) is 7. The van der Waals surface area contributed by atoms with Gasteiger partial charge in [-0.25, -0.2) is 9.69 Å². The van der Waals surface area contributed by atoms with Crippen molar-refractivity contribution in [1.82, 2.24) is 5.32 Å². The molecule has 1 fully saturated rings. The fourth-order valence-corrected chi connectivity index (χ4v) is 4.15. The van der Waals surface area contributed by atoms with Crippen LogP contribution in [0.4, 0.5) is 10.5 Å². The first-order chi connectivity index (χ1) is 18.2. The standard InChI is InChI=1S/C28H25ClN2O7/c1-16-6-5-7-18(10-16)15-38-22-9-8-17(12-25(22)37-4)11-19-26(32)30-28(34)31(27(19)33)21-14-23(35-2)20(29)13-24(21)36-3/h5-14H,15H2,1-4H3,(H,30,32,34)/b19-11+. The maximum absolute atomic E-state index is 13.4. The molecule has 0 radical (unpaired) electrons. The van der Waals surface area contributed by atoms with E-state index < -0.39 is 17.8 Å². The summed E-state index contributed by atoms with van der Waals surface area (Å²) < 4.78 is 21.9. The minimum absolute atomic E-state index is 0.0622. The van der Waals surface area contributed by atoms with E-state index in [0.717, 1.165) is 16.0 Å². The molecular weight excluding hydrogens is 512 g/mol. The van der Waals surface area contributed by atoms with Crippen molar-refractivity contribution in [2.45, 2.75) is 13.5 Å². The first kappa shape index (κ1) is 26.6. The van der Waals surface area contributed by atoms with Crippen LogP contribution in [-0.2, 0) is 16.2 Å². The number of benzene rings is 3. The van der Waals surface area contributed by atoms with Crippen molar-refractivity contribution in [3.63, 3.8) is 0 Å². The number of carbonyl (C=O) groups is 3. The molecule has 0 atom stereocenters. The highest BCUT2D eigenvalue weighted by atomic mass is 35.5. The number of rotatable bonds is 8. The molecule has 0 aromatic heterocycles. The van der Waals surface area contributed by atoms with Gasteiger partial charge in [0.05, 0.1) is 32.0 Å². The minimum atomic E-state index is -0.933. The highest BCUT2D eigenvalue weighted by molar-refractivity contribution is 6.39. The third-order valence-electron chi connectivity index (χ3n) is 5.77. The van der Waals surface area contributed by atoms with Gasteiger partial charge in [-0.1, -0.05) is 47.5 Å². The molecule has 0 spiro atoms. The van der Waals surface area contributed by atoms with Crippen molar-refractivity contribution >= 4 is 41.2 Å². The Labute approximate surface area is 224 Å². The number of urea groups is 1. The van der Waals surface area contributed by atoms with E-state index in [-0.39, 0.29) is 27.8 Å². The van der Waals surface area contributed by atoms with Crippen molar-refractivity contribution in [2.75, 3.05) is 26.2 Å². The van der Waals surface area contributed by atoms with Crippen LogP contribution in [-0.4, -0.2) is 39.2 Å². The Morgan fingerprint density at radius 2 is 1.61 bits per heavy atom. The molecule has 1 N–H and O–H groups in total. The molecule has 1 saturated heterocycles. The zero-order chi connectivity index (χ0) is 27.4. The summed E-state index contributed by atoms with van der Waals surface area (Å²) in [5.41, 5.74) is 2.40. The van der Waals surface area contributed by atoms with Crippen molar-refractivity contribution in [2.24, 2.45) is 0 Å². The maximum atomic E-state index is 13.4. The third kappa shape index (κ3) is 5.42. The van der Waals surface area contributed by atoms with Crippen molar-refractivity contribution in [3.05, 3.63) is 81.9 Å². The van der Waals surface area contributed by atoms with Gasteiger partial charge in [-0.3, -0.25) is 14.9 Å². The normalized spacial score (nSPS) is 14.4. The Morgan fingerprint density at radius 3 is 2.29 bits per heavy atom. The molecule has 0 saturated carbocycles. The second kappa shape index (κ2) is 11.3. The first-order valence-corrected chi connectivity index (χ1v) is 11.8. The average Bonchev–Trinajstić information content (AvgIpc) is 2.90. The molecule has 0 bridgehead atoms. The van der Waals surface area contributed by atoms with E-state index in [2.05, 4.69) is 5.32 Å². The Bertz CT molecular complexity index is 1450. The molecule has 1 aliphatic rings. The predicted molar refractivity (Wildman–Crippen MR) is 142 cm³/mol. The minimum Gasteiger partial charge on any atom is -0.495 e. The third-order valence-corrected chi connectivity index (χ3v) is 6.07. The lowest BCUT2D eigenvalue weighted by atomic mass is 10.1. The fourth-order valence-electron chi connectivity index (χ4n) is 3.92. The lowest BCUT2D eigenvalue weighted by Crippen LogP contribution is -2.54. The van der Waals surface area contributed by atoms with E-state index in [1.54, 1.807) is 18.2 Å². The van der Waals surface area contributed by atoms with Crippen molar-refractivity contribution in [1.29, 1.82) is 0 Å². The van der Waals surface area contributed by atoms with Gasteiger partial charge in [0.25, 0.3) is 11.8 Å². The number of carbonyl (C=O) groups excluding carboxylic acids is 3. The lowest BCUT2D eigenvalue weighted by Gasteiger charge is -2.28. The quantitative estimate of drug-likeness (QED) is 0.322. The van der Waals surface area contributed by atoms with Gasteiger partial charge in [0, 0.05) is 12.1 Å². The summed E-state index contributed by atoms with van der Waals surface area (Å²) in [6, 6.07) is 14.8. The van der Waals surface area contributed by atoms with Gasteiger partial charge < -0.3 is 18.9 Å². The molecule has 3 aromatic carbocycles. The summed E-state index contributed by atoms with van der Waals surface area (Å²) in [6.07, 6.45) is 1.36. The number of aryl methyl sites for hydroxylation is 1. The topological polar surface area (TPSA) is 103 Å². The van der Waals surface area contributed by atoms with Gasteiger partial charge >= 0.3 is 6.03 Å². The van der Waals surface area contributed by atoms with E-state index in [0.29, 0.717) is 23.7 Å². The Hall–Kier alpha value is -4.50. The maximum Gasteiger partial charge on any atom is 0.336 e. The number of barbiturate groups is 1. The molecule has 4 rings (SSSR count). The number of imide groups is 2. The number of amides is 4. The van der Waals surface area contributed by atoms with Crippen LogP contribution in [0.1, 0.15) is 16.7 Å². The number of nitrogens with zero attached hydrogens (tertiary/aromatic N) is 1. The molecule has 1 heterocycles. The first-order valence-electron chi connectivity index (χ1n) is 11.4. The second-order valence-electron chi connectivity index (χ2n) is 8.30. The molecule has 38 heavy (non-hydrogen) atoms. The van der Waals surface area contributed by atoms with Crippen LogP contribution in [0, 0.1) is 6.92 Å². The Balaban J connectivity index is 1.65. The number of methoxy groups -OCH3 is 3. The molecule has 0 unspecified atom stereocenters. The molecule has 196 valence electrons. The van der Waals surface area contributed by atoms with Gasteiger partial charge in [0.2, 0.25) is 0 Å². The number of hydrogen-bond donors (Lipinski definition) is 1. The monoisotopic (exact) mass is 536 g/mol. The SMILES string of the molecule is COc1cc(N2C(=O)NC(=O)/C(=C\c3ccc(OCc4cccc(C)c4)c(OC)c3)C2=O)c(OC)cc1Cl. The molecule has 1 aliphatic heterocycles. The summed E-state index contributed by atoms with van der Waals surface area (Å²) in [5, 5.41) is 2.41. The summed E-state index contributed by atoms with van der Waals surface area (Å²) in [7, 11) is 4.25. The summed E-state index contributed by atoms with van der Waals surface area (Å²) in [6.45, 7) is 2.34. The Kier molecular flexibility index (Phi) is 7.87. The lowest BCUT2D eigenvalue weighted by molar-refractivity contribution is -0.122. The van der Waals surface area contributed by atoms with Crippen LogP contribution in [0.3, 0.4) is 0 Å². The largest absolute Gasteiger partial charge is 0.495 e. The molecule has 10 heteroatoms. The number of halogens is 1. The molecule has 4 amide bonds. The van der Waals surface area contributed by atoms with E-state index >= 15 is 0 Å². The summed E-state index contributed by atoms with van der Waals surface area (Å²) >= 11 is 6.16. The van der Waals surface area contributed by atoms with Gasteiger partial charge in [0.1, 0.15) is 23.7 Å². The molecule has 9 nitrogen and oxygen atoms in total. The van der Waals surface area contributed by atoms with Crippen LogP contribution >= 0.6 is 11.6 Å². The van der Waals surface area contributed by atoms with Crippen molar-refractivity contribution in [3.8, 4) is 23.0 Å². The zero-order valence-corrected chi connectivity index (χ0v) is 21.9. The van der Waals surface area contributed by atoms with E-state index in [9.17, 15) is 14.4 Å². The van der Waals surface area contributed by atoms with Crippen LogP contribution < -0.4 is 29.2 Å². The van der Waals surface area contributed by atoms with Gasteiger partial charge in [-0.2, -0.15) is 0 Å². The number of ether oxygens (including phenoxy) is 4.